The Kier molecular flexibility index (Phi) is 2.43. The highest BCUT2D eigenvalue weighted by Crippen LogP contribution is 2.21. The first kappa shape index (κ1) is 9.73. The molecular weight excluding hydrogens is 190 g/mol. The van der Waals surface area contributed by atoms with Gasteiger partial charge < -0.3 is 15.8 Å². The molecule has 0 unspecified atom stereocenters. The van der Waals surface area contributed by atoms with Crippen molar-refractivity contribution in [2.45, 2.75) is 13.5 Å². The van der Waals surface area contributed by atoms with Crippen molar-refractivity contribution in [1.29, 1.82) is 0 Å². The second-order valence-electron chi connectivity index (χ2n) is 3.49. The van der Waals surface area contributed by atoms with Gasteiger partial charge >= 0.3 is 0 Å². The summed E-state index contributed by atoms with van der Waals surface area (Å²) in [5, 5.41) is 9.08. The molecule has 78 valence electrons. The van der Waals surface area contributed by atoms with Crippen molar-refractivity contribution in [3.8, 4) is 11.4 Å². The average molecular weight is 203 g/mol. The number of aromatic nitrogens is 2. The number of aliphatic hydroxyl groups is 1. The molecule has 2 rings (SSSR count). The van der Waals surface area contributed by atoms with Crippen LogP contribution in [0.15, 0.2) is 24.4 Å². The third-order valence-corrected chi connectivity index (χ3v) is 2.29. The Balaban J connectivity index is 2.45. The van der Waals surface area contributed by atoms with Crippen molar-refractivity contribution < 1.29 is 5.11 Å². The van der Waals surface area contributed by atoms with Crippen LogP contribution < -0.4 is 5.73 Å². The van der Waals surface area contributed by atoms with Crippen LogP contribution in [0.3, 0.4) is 0 Å². The molecule has 0 spiro atoms. The molecule has 0 aliphatic carbocycles. The largest absolute Gasteiger partial charge is 0.398 e. The number of aliphatic hydroxyl groups excluding tert-OH is 1. The topological polar surface area (TPSA) is 74.9 Å². The number of aryl methyl sites for hydroxylation is 1. The minimum atomic E-state index is -0.0562. The van der Waals surface area contributed by atoms with Crippen molar-refractivity contribution in [1.82, 2.24) is 9.97 Å². The molecule has 4 heteroatoms. The molecule has 4 N–H and O–H groups in total. The van der Waals surface area contributed by atoms with Crippen LogP contribution in [0.4, 0.5) is 5.69 Å². The van der Waals surface area contributed by atoms with Crippen LogP contribution in [0.1, 0.15) is 11.3 Å². The van der Waals surface area contributed by atoms with E-state index in [1.807, 2.05) is 19.1 Å². The van der Waals surface area contributed by atoms with Gasteiger partial charge in [0, 0.05) is 28.7 Å². The number of imidazole rings is 1. The molecule has 0 bridgehead atoms. The van der Waals surface area contributed by atoms with Crippen LogP contribution in [-0.4, -0.2) is 15.1 Å². The fourth-order valence-electron chi connectivity index (χ4n) is 1.45. The number of rotatable bonds is 2. The van der Waals surface area contributed by atoms with E-state index in [4.69, 9.17) is 10.8 Å². The van der Waals surface area contributed by atoms with Crippen molar-refractivity contribution >= 4 is 5.69 Å². The number of hydrogen-bond donors (Lipinski definition) is 3. The Morgan fingerprint density at radius 1 is 1.47 bits per heavy atom. The summed E-state index contributed by atoms with van der Waals surface area (Å²) in [6.45, 7) is 1.89. The molecule has 0 saturated heterocycles. The van der Waals surface area contributed by atoms with E-state index in [9.17, 15) is 0 Å². The van der Waals surface area contributed by atoms with Crippen LogP contribution in [0.5, 0.6) is 0 Å². The van der Waals surface area contributed by atoms with Gasteiger partial charge in [0.25, 0.3) is 0 Å². The lowest BCUT2D eigenvalue weighted by Crippen LogP contribution is -1.94. The van der Waals surface area contributed by atoms with Gasteiger partial charge in [0.1, 0.15) is 5.82 Å². The van der Waals surface area contributed by atoms with Crippen molar-refractivity contribution in [2.24, 2.45) is 0 Å². The minimum Gasteiger partial charge on any atom is -0.398 e. The van der Waals surface area contributed by atoms with E-state index in [-0.39, 0.29) is 6.61 Å². The second-order valence-corrected chi connectivity index (χ2v) is 3.49. The zero-order valence-electron chi connectivity index (χ0n) is 8.49. The van der Waals surface area contributed by atoms with Crippen molar-refractivity contribution in [3.05, 3.63) is 35.7 Å². The van der Waals surface area contributed by atoms with Gasteiger partial charge in [0.05, 0.1) is 6.61 Å². The van der Waals surface area contributed by atoms with Crippen LogP contribution in [0, 0.1) is 6.92 Å². The molecule has 0 atom stereocenters. The third-order valence-electron chi connectivity index (χ3n) is 2.29. The number of hydrogen-bond acceptors (Lipinski definition) is 3. The first-order chi connectivity index (χ1) is 7.20. The normalized spacial score (nSPS) is 10.5. The number of nitrogen functional groups attached to an aromatic ring is 1. The van der Waals surface area contributed by atoms with Gasteiger partial charge in [-0.2, -0.15) is 0 Å². The zero-order chi connectivity index (χ0) is 10.8. The molecule has 1 aromatic heterocycles. The smallest absolute Gasteiger partial charge is 0.137 e. The summed E-state index contributed by atoms with van der Waals surface area (Å²) in [7, 11) is 0. The molecule has 0 fully saturated rings. The Labute approximate surface area is 87.8 Å². The van der Waals surface area contributed by atoms with Crippen LogP contribution in [-0.2, 0) is 6.61 Å². The molecule has 1 aromatic carbocycles. The molecule has 15 heavy (non-hydrogen) atoms. The molecule has 0 amide bonds. The number of nitrogens with one attached hydrogen (secondary N) is 1. The lowest BCUT2D eigenvalue weighted by Gasteiger charge is -2.04. The van der Waals surface area contributed by atoms with Crippen LogP contribution >= 0.6 is 0 Å². The lowest BCUT2D eigenvalue weighted by atomic mass is 10.1. The number of nitrogens with zero attached hydrogens (tertiary/aromatic N) is 1. The van der Waals surface area contributed by atoms with E-state index in [1.165, 1.54) is 0 Å². The maximum absolute atomic E-state index is 9.08. The number of H-pyrrole nitrogens is 1. The lowest BCUT2D eigenvalue weighted by molar-refractivity contribution is 0.282. The zero-order valence-corrected chi connectivity index (χ0v) is 8.49. The summed E-state index contributed by atoms with van der Waals surface area (Å²) < 4.78 is 0. The van der Waals surface area contributed by atoms with Gasteiger partial charge in [-0.3, -0.25) is 0 Å². The summed E-state index contributed by atoms with van der Waals surface area (Å²) in [6.07, 6.45) is 1.77. The second kappa shape index (κ2) is 3.74. The molecule has 0 aliphatic heterocycles. The van der Waals surface area contributed by atoms with E-state index in [2.05, 4.69) is 9.97 Å². The number of benzene rings is 1. The molecule has 4 nitrogen and oxygen atoms in total. The summed E-state index contributed by atoms with van der Waals surface area (Å²) >= 11 is 0. The highest BCUT2D eigenvalue weighted by atomic mass is 16.3. The molecule has 0 aliphatic rings. The number of nitrogens with two attached hydrogens (primary N) is 1. The molecule has 1 heterocycles. The van der Waals surface area contributed by atoms with E-state index in [0.717, 1.165) is 22.6 Å². The summed E-state index contributed by atoms with van der Waals surface area (Å²) in [4.78, 5) is 7.34. The SMILES string of the molecule is Cc1cnc(-c2ccc(N)c(CO)c2)[nH]1. The van der Waals surface area contributed by atoms with Gasteiger partial charge in [0.2, 0.25) is 0 Å². The van der Waals surface area contributed by atoms with E-state index >= 15 is 0 Å². The van der Waals surface area contributed by atoms with E-state index in [0.29, 0.717) is 5.69 Å². The average Bonchev–Trinajstić information content (AvgIpc) is 2.66. The minimum absolute atomic E-state index is 0.0562. The predicted octanol–water partition coefficient (Wildman–Crippen LogP) is 1.46. The third kappa shape index (κ3) is 1.85. The Morgan fingerprint density at radius 3 is 2.87 bits per heavy atom. The van der Waals surface area contributed by atoms with Crippen LogP contribution in [0.2, 0.25) is 0 Å². The predicted molar refractivity (Wildman–Crippen MR) is 59.1 cm³/mol. The first-order valence-electron chi connectivity index (χ1n) is 4.72. The Morgan fingerprint density at radius 2 is 2.27 bits per heavy atom. The van der Waals surface area contributed by atoms with E-state index < -0.39 is 0 Å². The highest BCUT2D eigenvalue weighted by molar-refractivity contribution is 5.62. The van der Waals surface area contributed by atoms with Gasteiger partial charge in [-0.05, 0) is 25.1 Å². The standard InChI is InChI=1S/C11H13N3O/c1-7-5-13-11(14-7)8-2-3-10(12)9(4-8)6-15/h2-5,15H,6,12H2,1H3,(H,13,14). The monoisotopic (exact) mass is 203 g/mol. The fourth-order valence-corrected chi connectivity index (χ4v) is 1.45. The summed E-state index contributed by atoms with van der Waals surface area (Å²) in [5.74, 6) is 0.794. The van der Waals surface area contributed by atoms with Gasteiger partial charge in [-0.15, -0.1) is 0 Å². The maximum Gasteiger partial charge on any atom is 0.137 e. The molecule has 2 aromatic rings. The first-order valence-corrected chi connectivity index (χ1v) is 4.72. The van der Waals surface area contributed by atoms with Gasteiger partial charge in [0.15, 0.2) is 0 Å². The fraction of sp³-hybridized carbons (Fsp3) is 0.182. The molecular formula is C11H13N3O. The summed E-state index contributed by atoms with van der Waals surface area (Å²) in [5.41, 5.74) is 8.96. The van der Waals surface area contributed by atoms with Crippen LogP contribution in [0.25, 0.3) is 11.4 Å². The van der Waals surface area contributed by atoms with Gasteiger partial charge in [-0.1, -0.05) is 0 Å². The number of aromatic amines is 1. The Bertz CT molecular complexity index is 476. The van der Waals surface area contributed by atoms with E-state index in [1.54, 1.807) is 12.3 Å². The highest BCUT2D eigenvalue weighted by Gasteiger charge is 2.04. The van der Waals surface area contributed by atoms with Gasteiger partial charge in [-0.25, -0.2) is 4.98 Å². The molecule has 0 radical (unpaired) electrons. The summed E-state index contributed by atoms with van der Waals surface area (Å²) in [6, 6.07) is 5.50. The molecule has 0 saturated carbocycles. The van der Waals surface area contributed by atoms with Crippen molar-refractivity contribution in [2.75, 3.05) is 5.73 Å². The maximum atomic E-state index is 9.08. The van der Waals surface area contributed by atoms with Crippen molar-refractivity contribution in [3.63, 3.8) is 0 Å². The Hall–Kier alpha value is -1.81. The quantitative estimate of drug-likeness (QED) is 0.647. The number of anilines is 1.